The summed E-state index contributed by atoms with van der Waals surface area (Å²) in [7, 11) is 0. The predicted octanol–water partition coefficient (Wildman–Crippen LogP) is 14.1. The summed E-state index contributed by atoms with van der Waals surface area (Å²) < 4.78 is 9.03. The van der Waals surface area contributed by atoms with Crippen LogP contribution >= 0.6 is 0 Å². The van der Waals surface area contributed by atoms with Gasteiger partial charge in [0.05, 0.1) is 16.7 Å². The van der Waals surface area contributed by atoms with Crippen molar-refractivity contribution in [2.75, 3.05) is 4.90 Å². The molecule has 0 bridgehead atoms. The lowest BCUT2D eigenvalue weighted by Crippen LogP contribution is -2.11. The van der Waals surface area contributed by atoms with Crippen LogP contribution in [0.15, 0.2) is 199 Å². The maximum absolute atomic E-state index is 6.64. The summed E-state index contributed by atoms with van der Waals surface area (Å²) in [5.41, 5.74) is 10.7. The molecule has 0 radical (unpaired) electrons. The molecule has 0 fully saturated rings. The lowest BCUT2D eigenvalue weighted by molar-refractivity contribution is 0.669. The molecule has 3 nitrogen and oxygen atoms in total. The van der Waals surface area contributed by atoms with Crippen LogP contribution < -0.4 is 4.90 Å². The van der Waals surface area contributed by atoms with Gasteiger partial charge in [0.2, 0.25) is 0 Å². The minimum absolute atomic E-state index is 0.863. The largest absolute Gasteiger partial charge is 0.456 e. The van der Waals surface area contributed by atoms with E-state index in [0.29, 0.717) is 0 Å². The van der Waals surface area contributed by atoms with Crippen molar-refractivity contribution in [1.29, 1.82) is 0 Å². The van der Waals surface area contributed by atoms with Crippen LogP contribution in [0.5, 0.6) is 0 Å². The molecule has 0 aliphatic heterocycles. The molecule has 11 aromatic rings. The number of rotatable bonds is 5. The first-order valence-corrected chi connectivity index (χ1v) is 18.1. The first kappa shape index (κ1) is 29.6. The Bertz CT molecular complexity index is 3190. The van der Waals surface area contributed by atoms with E-state index in [-0.39, 0.29) is 0 Å². The number of aromatic nitrogens is 1. The molecule has 2 aromatic heterocycles. The first-order chi connectivity index (χ1) is 26.3. The van der Waals surface area contributed by atoms with Crippen molar-refractivity contribution in [1.82, 2.24) is 4.57 Å². The summed E-state index contributed by atoms with van der Waals surface area (Å²) in [5.74, 6) is 0. The Hall–Kier alpha value is -7.10. The molecule has 2 heterocycles. The SMILES string of the molecule is c1ccc(-n2c3ccccc3c3ccc(N(c4ccc5c(c4)oc4ccc6ccccc6c45)c4ccccc4-c4ccc5ccccc5c4)cc32)cc1. The molecule has 9 aromatic carbocycles. The van der Waals surface area contributed by atoms with Crippen molar-refractivity contribution in [2.45, 2.75) is 0 Å². The standard InChI is InChI=1S/C50H32N2O/c1-2-15-37(16-3-1)52-46-21-11-9-19-42(46)43-27-25-38(31-47(43)52)51(45-20-10-8-17-40(45)36-23-22-33-12-4-5-14-35(33)30-36)39-26-28-44-49(32-39)53-48-29-24-34-13-6-7-18-41(34)50(44)48/h1-32H. The highest BCUT2D eigenvalue weighted by molar-refractivity contribution is 6.19. The molecule has 0 saturated carbocycles. The van der Waals surface area contributed by atoms with E-state index in [0.717, 1.165) is 55.8 Å². The van der Waals surface area contributed by atoms with E-state index in [9.17, 15) is 0 Å². The molecular formula is C50H32N2O. The Balaban J connectivity index is 1.18. The van der Waals surface area contributed by atoms with E-state index in [2.05, 4.69) is 204 Å². The van der Waals surface area contributed by atoms with Crippen molar-refractivity contribution in [2.24, 2.45) is 0 Å². The van der Waals surface area contributed by atoms with Crippen LogP contribution in [0.4, 0.5) is 17.1 Å². The summed E-state index contributed by atoms with van der Waals surface area (Å²) in [6.07, 6.45) is 0. The second kappa shape index (κ2) is 11.7. The van der Waals surface area contributed by atoms with Gasteiger partial charge in [-0.15, -0.1) is 0 Å². The molecule has 3 heteroatoms. The normalized spacial score (nSPS) is 11.8. The van der Waals surface area contributed by atoms with Gasteiger partial charge in [0.15, 0.2) is 0 Å². The zero-order valence-electron chi connectivity index (χ0n) is 28.8. The minimum atomic E-state index is 0.863. The zero-order chi connectivity index (χ0) is 34.9. The van der Waals surface area contributed by atoms with E-state index in [4.69, 9.17) is 4.42 Å². The lowest BCUT2D eigenvalue weighted by Gasteiger charge is -2.28. The van der Waals surface area contributed by atoms with Gasteiger partial charge < -0.3 is 13.9 Å². The summed E-state index contributed by atoms with van der Waals surface area (Å²) in [6, 6.07) is 69.8. The molecule has 0 saturated heterocycles. The second-order valence-corrected chi connectivity index (χ2v) is 13.7. The number of para-hydroxylation sites is 3. The average molecular weight is 677 g/mol. The van der Waals surface area contributed by atoms with Gasteiger partial charge in [-0.25, -0.2) is 0 Å². The third-order valence-corrected chi connectivity index (χ3v) is 10.7. The highest BCUT2D eigenvalue weighted by Gasteiger charge is 2.21. The topological polar surface area (TPSA) is 21.3 Å². The molecule has 0 N–H and O–H groups in total. The van der Waals surface area contributed by atoms with Crippen molar-refractivity contribution in [3.8, 4) is 16.8 Å². The number of hydrogen-bond donors (Lipinski definition) is 0. The predicted molar refractivity (Wildman–Crippen MR) is 223 cm³/mol. The van der Waals surface area contributed by atoms with Gasteiger partial charge in [-0.2, -0.15) is 0 Å². The maximum atomic E-state index is 6.64. The van der Waals surface area contributed by atoms with Crippen LogP contribution in [0.3, 0.4) is 0 Å². The van der Waals surface area contributed by atoms with Gasteiger partial charge in [0, 0.05) is 50.2 Å². The summed E-state index contributed by atoms with van der Waals surface area (Å²) in [5, 5.41) is 9.58. The quantitative estimate of drug-likeness (QED) is 0.181. The first-order valence-electron chi connectivity index (χ1n) is 18.1. The number of fused-ring (bicyclic) bond motifs is 9. The molecule has 0 aliphatic carbocycles. The third-order valence-electron chi connectivity index (χ3n) is 10.7. The lowest BCUT2D eigenvalue weighted by atomic mass is 9.98. The van der Waals surface area contributed by atoms with Gasteiger partial charge in [-0.1, -0.05) is 127 Å². The second-order valence-electron chi connectivity index (χ2n) is 13.7. The van der Waals surface area contributed by atoms with Gasteiger partial charge in [0.1, 0.15) is 11.2 Å². The molecule has 0 atom stereocenters. The zero-order valence-corrected chi connectivity index (χ0v) is 28.8. The maximum Gasteiger partial charge on any atom is 0.137 e. The van der Waals surface area contributed by atoms with Gasteiger partial charge >= 0.3 is 0 Å². The molecule has 0 aliphatic rings. The van der Waals surface area contributed by atoms with Crippen LogP contribution in [0.25, 0.3) is 82.1 Å². The van der Waals surface area contributed by atoms with Gasteiger partial charge in [0.25, 0.3) is 0 Å². The monoisotopic (exact) mass is 676 g/mol. The molecule has 0 unspecified atom stereocenters. The smallest absolute Gasteiger partial charge is 0.137 e. The number of nitrogens with zero attached hydrogens (tertiary/aromatic N) is 2. The number of hydrogen-bond acceptors (Lipinski definition) is 2. The van der Waals surface area contributed by atoms with E-state index >= 15 is 0 Å². The summed E-state index contributed by atoms with van der Waals surface area (Å²) in [4.78, 5) is 2.39. The number of anilines is 3. The Kier molecular flexibility index (Phi) is 6.55. The van der Waals surface area contributed by atoms with Crippen molar-refractivity contribution < 1.29 is 4.42 Å². The fourth-order valence-corrected chi connectivity index (χ4v) is 8.32. The van der Waals surface area contributed by atoms with E-state index in [1.54, 1.807) is 0 Å². The highest BCUT2D eigenvalue weighted by Crippen LogP contribution is 2.45. The highest BCUT2D eigenvalue weighted by atomic mass is 16.3. The van der Waals surface area contributed by atoms with Crippen LogP contribution in [0.2, 0.25) is 0 Å². The molecule has 0 amide bonds. The van der Waals surface area contributed by atoms with E-state index in [1.807, 2.05) is 0 Å². The summed E-state index contributed by atoms with van der Waals surface area (Å²) in [6.45, 7) is 0. The van der Waals surface area contributed by atoms with E-state index in [1.165, 1.54) is 43.4 Å². The van der Waals surface area contributed by atoms with E-state index < -0.39 is 0 Å². The average Bonchev–Trinajstić information content (AvgIpc) is 3.77. The van der Waals surface area contributed by atoms with Crippen LogP contribution in [0, 0.1) is 0 Å². The van der Waals surface area contributed by atoms with Crippen LogP contribution in [-0.4, -0.2) is 4.57 Å². The molecule has 248 valence electrons. The minimum Gasteiger partial charge on any atom is -0.456 e. The third kappa shape index (κ3) is 4.68. The van der Waals surface area contributed by atoms with Gasteiger partial charge in [-0.05, 0) is 87.8 Å². The number of furan rings is 1. The fourth-order valence-electron chi connectivity index (χ4n) is 8.32. The Morgan fingerprint density at radius 3 is 1.94 bits per heavy atom. The Labute approximate surface area is 306 Å². The number of benzene rings is 9. The Morgan fingerprint density at radius 1 is 0.396 bits per heavy atom. The fraction of sp³-hybridized carbons (Fsp3) is 0. The van der Waals surface area contributed by atoms with Gasteiger partial charge in [-0.3, -0.25) is 0 Å². The summed E-state index contributed by atoms with van der Waals surface area (Å²) >= 11 is 0. The molecule has 11 rings (SSSR count). The molecule has 0 spiro atoms. The van der Waals surface area contributed by atoms with Crippen molar-refractivity contribution >= 4 is 82.4 Å². The van der Waals surface area contributed by atoms with Crippen LogP contribution in [-0.2, 0) is 0 Å². The van der Waals surface area contributed by atoms with Crippen molar-refractivity contribution in [3.05, 3.63) is 194 Å². The molecule has 53 heavy (non-hydrogen) atoms. The van der Waals surface area contributed by atoms with Crippen LogP contribution in [0.1, 0.15) is 0 Å². The van der Waals surface area contributed by atoms with Crippen molar-refractivity contribution in [3.63, 3.8) is 0 Å². The molecular weight excluding hydrogens is 645 g/mol. The Morgan fingerprint density at radius 2 is 1.06 bits per heavy atom.